The van der Waals surface area contributed by atoms with Crippen molar-refractivity contribution in [2.75, 3.05) is 12.0 Å². The zero-order valence-corrected chi connectivity index (χ0v) is 18.3. The lowest BCUT2D eigenvalue weighted by molar-refractivity contribution is -0.134. The van der Waals surface area contributed by atoms with E-state index >= 15 is 0 Å². The number of rotatable bonds is 11. The third kappa shape index (κ3) is 6.24. The molecule has 0 bridgehead atoms. The number of hydrogen-bond donors (Lipinski definition) is 5. The molecule has 0 aliphatic carbocycles. The molecule has 2 aromatic rings. The summed E-state index contributed by atoms with van der Waals surface area (Å²) in [6.45, 7) is 3.11. The van der Waals surface area contributed by atoms with E-state index in [9.17, 15) is 19.5 Å². The number of carbonyl (C=O) groups is 3. The number of hydrogen-bond acceptors (Lipinski definition) is 5. The molecule has 9 heteroatoms. The molecule has 0 aliphatic heterocycles. The number of nitrogens with one attached hydrogen (secondary N) is 3. The van der Waals surface area contributed by atoms with Gasteiger partial charge in [-0.15, -0.1) is 0 Å². The molecule has 6 N–H and O–H groups in total. The summed E-state index contributed by atoms with van der Waals surface area (Å²) in [5.74, 6) is -1.56. The number of aromatic amines is 1. The normalized spacial score (nSPS) is 15.2. The van der Waals surface area contributed by atoms with Gasteiger partial charge in [-0.25, -0.2) is 0 Å². The molecule has 164 valence electrons. The Bertz CT molecular complexity index is 883. The third-order valence-corrected chi connectivity index (χ3v) is 5.78. The SMILES string of the molecule is CSCCC(NC(=O)[C@@H](C)C(C)O)C(=O)NC(Cc1c[nH]c2ccccc12)C(N)=O. The number of thioether (sulfide) groups is 1. The van der Waals surface area contributed by atoms with Crippen LogP contribution in [-0.4, -0.2) is 58.0 Å². The first-order valence-electron chi connectivity index (χ1n) is 9.86. The van der Waals surface area contributed by atoms with Crippen molar-refractivity contribution < 1.29 is 19.5 Å². The maximum atomic E-state index is 12.9. The summed E-state index contributed by atoms with van der Waals surface area (Å²) >= 11 is 1.54. The molecule has 1 heterocycles. The van der Waals surface area contributed by atoms with Gasteiger partial charge in [-0.1, -0.05) is 25.1 Å². The second-order valence-electron chi connectivity index (χ2n) is 7.40. The molecule has 4 atom stereocenters. The first-order chi connectivity index (χ1) is 14.2. The molecule has 0 aliphatic rings. The maximum Gasteiger partial charge on any atom is 0.243 e. The lowest BCUT2D eigenvalue weighted by atomic mass is 10.0. The zero-order valence-electron chi connectivity index (χ0n) is 17.5. The van der Waals surface area contributed by atoms with E-state index in [-0.39, 0.29) is 6.42 Å². The second-order valence-corrected chi connectivity index (χ2v) is 8.38. The summed E-state index contributed by atoms with van der Waals surface area (Å²) in [6.07, 6.45) is 3.49. The summed E-state index contributed by atoms with van der Waals surface area (Å²) in [6, 6.07) is 5.92. The van der Waals surface area contributed by atoms with Crippen molar-refractivity contribution >= 4 is 40.4 Å². The lowest BCUT2D eigenvalue weighted by Crippen LogP contribution is -2.54. The topological polar surface area (TPSA) is 137 Å². The summed E-state index contributed by atoms with van der Waals surface area (Å²) in [5, 5.41) is 16.0. The van der Waals surface area contributed by atoms with Gasteiger partial charge in [-0.3, -0.25) is 14.4 Å². The van der Waals surface area contributed by atoms with Crippen LogP contribution in [0.25, 0.3) is 10.9 Å². The van der Waals surface area contributed by atoms with Gasteiger partial charge in [0.1, 0.15) is 12.1 Å². The molecule has 1 aromatic carbocycles. The number of amides is 3. The minimum Gasteiger partial charge on any atom is -0.393 e. The Kier molecular flexibility index (Phi) is 8.73. The molecule has 0 fully saturated rings. The molecule has 3 unspecified atom stereocenters. The summed E-state index contributed by atoms with van der Waals surface area (Å²) in [5.41, 5.74) is 7.34. The van der Waals surface area contributed by atoms with Crippen molar-refractivity contribution in [3.05, 3.63) is 36.0 Å². The number of nitrogens with two attached hydrogens (primary N) is 1. The highest BCUT2D eigenvalue weighted by atomic mass is 32.2. The smallest absolute Gasteiger partial charge is 0.243 e. The number of aromatic nitrogens is 1. The van der Waals surface area contributed by atoms with E-state index in [0.717, 1.165) is 16.5 Å². The van der Waals surface area contributed by atoms with E-state index in [1.54, 1.807) is 24.9 Å². The molecule has 0 saturated heterocycles. The molecule has 0 saturated carbocycles. The van der Waals surface area contributed by atoms with Crippen molar-refractivity contribution in [2.24, 2.45) is 11.7 Å². The van der Waals surface area contributed by atoms with Crippen molar-refractivity contribution in [2.45, 2.75) is 44.9 Å². The van der Waals surface area contributed by atoms with Crippen LogP contribution in [0.1, 0.15) is 25.8 Å². The number of H-pyrrole nitrogens is 1. The van der Waals surface area contributed by atoms with Crippen LogP contribution in [0.3, 0.4) is 0 Å². The van der Waals surface area contributed by atoms with E-state index in [0.29, 0.717) is 12.2 Å². The molecule has 30 heavy (non-hydrogen) atoms. The maximum absolute atomic E-state index is 12.9. The second kappa shape index (κ2) is 11.0. The van der Waals surface area contributed by atoms with Crippen molar-refractivity contribution in [1.82, 2.24) is 15.6 Å². The Morgan fingerprint density at radius 1 is 1.13 bits per heavy atom. The van der Waals surface area contributed by atoms with Gasteiger partial charge in [0.05, 0.1) is 12.0 Å². The number of primary amides is 1. The lowest BCUT2D eigenvalue weighted by Gasteiger charge is -2.24. The predicted octanol–water partition coefficient (Wildman–Crippen LogP) is 0.935. The zero-order chi connectivity index (χ0) is 22.3. The molecular weight excluding hydrogens is 404 g/mol. The molecule has 3 amide bonds. The largest absolute Gasteiger partial charge is 0.393 e. The Labute approximate surface area is 180 Å². The Balaban J connectivity index is 2.13. The van der Waals surface area contributed by atoms with E-state index in [1.807, 2.05) is 30.5 Å². The van der Waals surface area contributed by atoms with Crippen LogP contribution in [0.2, 0.25) is 0 Å². The number of fused-ring (bicyclic) bond motifs is 1. The quantitative estimate of drug-likeness (QED) is 0.358. The fourth-order valence-corrected chi connectivity index (χ4v) is 3.51. The van der Waals surface area contributed by atoms with Crippen LogP contribution in [0.5, 0.6) is 0 Å². The molecule has 2 rings (SSSR count). The van der Waals surface area contributed by atoms with Crippen molar-refractivity contribution in [1.29, 1.82) is 0 Å². The monoisotopic (exact) mass is 434 g/mol. The summed E-state index contributed by atoms with van der Waals surface area (Å²) < 4.78 is 0. The first-order valence-corrected chi connectivity index (χ1v) is 11.3. The fraction of sp³-hybridized carbons (Fsp3) is 0.476. The fourth-order valence-electron chi connectivity index (χ4n) is 3.04. The van der Waals surface area contributed by atoms with Crippen LogP contribution < -0.4 is 16.4 Å². The van der Waals surface area contributed by atoms with E-state index in [4.69, 9.17) is 5.73 Å². The molecule has 8 nitrogen and oxygen atoms in total. The predicted molar refractivity (Wildman–Crippen MR) is 119 cm³/mol. The van der Waals surface area contributed by atoms with Gasteiger partial charge < -0.3 is 26.5 Å². The molecular formula is C21H30N4O4S. The Morgan fingerprint density at radius 2 is 1.80 bits per heavy atom. The van der Waals surface area contributed by atoms with Crippen molar-refractivity contribution in [3.8, 4) is 0 Å². The van der Waals surface area contributed by atoms with Crippen molar-refractivity contribution in [3.63, 3.8) is 0 Å². The first kappa shape index (κ1) is 23.8. The van der Waals surface area contributed by atoms with Crippen LogP contribution in [0, 0.1) is 5.92 Å². The van der Waals surface area contributed by atoms with Crippen LogP contribution in [-0.2, 0) is 20.8 Å². The van der Waals surface area contributed by atoms with E-state index in [1.165, 1.54) is 6.92 Å². The molecule has 1 aromatic heterocycles. The van der Waals surface area contributed by atoms with Crippen LogP contribution in [0.4, 0.5) is 0 Å². The number of aliphatic hydroxyl groups is 1. The Hall–Kier alpha value is -2.52. The average molecular weight is 435 g/mol. The van der Waals surface area contributed by atoms with Gasteiger partial charge in [-0.05, 0) is 37.0 Å². The number of carbonyl (C=O) groups excluding carboxylic acids is 3. The number of benzene rings is 1. The highest BCUT2D eigenvalue weighted by Crippen LogP contribution is 2.19. The van der Waals surface area contributed by atoms with Gasteiger partial charge >= 0.3 is 0 Å². The minimum atomic E-state index is -0.917. The molecule has 0 spiro atoms. The van der Waals surface area contributed by atoms with E-state index < -0.39 is 41.8 Å². The van der Waals surface area contributed by atoms with Crippen LogP contribution in [0.15, 0.2) is 30.5 Å². The van der Waals surface area contributed by atoms with Gasteiger partial charge in [-0.2, -0.15) is 11.8 Å². The van der Waals surface area contributed by atoms with Crippen LogP contribution >= 0.6 is 11.8 Å². The average Bonchev–Trinajstić information content (AvgIpc) is 3.12. The highest BCUT2D eigenvalue weighted by molar-refractivity contribution is 7.98. The molecule has 0 radical (unpaired) electrons. The number of para-hydroxylation sites is 1. The Morgan fingerprint density at radius 3 is 2.43 bits per heavy atom. The summed E-state index contributed by atoms with van der Waals surface area (Å²) in [7, 11) is 0. The van der Waals surface area contributed by atoms with E-state index in [2.05, 4.69) is 15.6 Å². The van der Waals surface area contributed by atoms with Gasteiger partial charge in [0, 0.05) is 23.5 Å². The standard InChI is InChI=1S/C21H30N4O4S/c1-12(13(2)26)20(28)24-17(8-9-30-3)21(29)25-18(19(22)27)10-14-11-23-16-7-5-4-6-15(14)16/h4-7,11-13,17-18,23,26H,8-10H2,1-3H3,(H2,22,27)(H,24,28)(H,25,29)/t12-,13?,17?,18?/m0/s1. The minimum absolute atomic E-state index is 0.234. The van der Waals surface area contributed by atoms with Gasteiger partial charge in [0.15, 0.2) is 0 Å². The number of aliphatic hydroxyl groups excluding tert-OH is 1. The third-order valence-electron chi connectivity index (χ3n) is 5.14. The van der Waals surface area contributed by atoms with Gasteiger partial charge in [0.25, 0.3) is 0 Å². The van der Waals surface area contributed by atoms with Gasteiger partial charge in [0.2, 0.25) is 17.7 Å². The summed E-state index contributed by atoms with van der Waals surface area (Å²) in [4.78, 5) is 40.4. The highest BCUT2D eigenvalue weighted by Gasteiger charge is 2.28.